The van der Waals surface area contributed by atoms with Gasteiger partial charge in [-0.3, -0.25) is 0 Å². The van der Waals surface area contributed by atoms with Crippen molar-refractivity contribution in [3.63, 3.8) is 0 Å². The monoisotopic (exact) mass is 354 g/mol. The Morgan fingerprint density at radius 3 is 2.29 bits per heavy atom. The Bertz CT molecular complexity index is 624. The normalized spacial score (nSPS) is 9.57. The smallest absolute Gasteiger partial charge is 0.339 e. The van der Waals surface area contributed by atoms with Crippen LogP contribution in [0.5, 0.6) is 11.5 Å². The van der Waals surface area contributed by atoms with Crippen molar-refractivity contribution in [1.29, 1.82) is 0 Å². The van der Waals surface area contributed by atoms with Crippen LogP contribution in [0.3, 0.4) is 0 Å². The summed E-state index contributed by atoms with van der Waals surface area (Å²) in [6, 6.07) is 9.35. The molecule has 21 heavy (non-hydrogen) atoms. The quantitative estimate of drug-likeness (QED) is 0.800. The maximum absolute atomic E-state index is 13.3. The van der Waals surface area contributed by atoms with Crippen molar-refractivity contribution in [1.82, 2.24) is 0 Å². The minimum atomic E-state index is -1.24. The van der Waals surface area contributed by atoms with Crippen LogP contribution in [-0.2, 0) is 0 Å². The predicted molar refractivity (Wildman–Crippen MR) is 83.7 cm³/mol. The second-order valence-electron chi connectivity index (χ2n) is 3.98. The van der Waals surface area contributed by atoms with Crippen LogP contribution in [0.25, 0.3) is 0 Å². The van der Waals surface area contributed by atoms with Crippen molar-refractivity contribution in [2.45, 2.75) is 20.8 Å². The molecule has 0 atom stereocenters. The van der Waals surface area contributed by atoms with Crippen LogP contribution < -0.4 is 4.74 Å². The Morgan fingerprint density at radius 1 is 1.19 bits per heavy atom. The molecule has 0 bridgehead atoms. The molecule has 0 saturated carbocycles. The number of halogens is 2. The van der Waals surface area contributed by atoms with Crippen LogP contribution in [-0.4, -0.2) is 11.1 Å². The largest absolute Gasteiger partial charge is 0.478 e. The average molecular weight is 355 g/mol. The van der Waals surface area contributed by atoms with Gasteiger partial charge in [-0.25, -0.2) is 9.18 Å². The van der Waals surface area contributed by atoms with E-state index in [-0.39, 0.29) is 15.8 Å². The van der Waals surface area contributed by atoms with E-state index in [4.69, 9.17) is 9.84 Å². The Labute approximate surface area is 131 Å². The highest BCUT2D eigenvalue weighted by atomic mass is 79.9. The number of carbonyl (C=O) groups is 1. The lowest BCUT2D eigenvalue weighted by atomic mass is 10.2. The van der Waals surface area contributed by atoms with E-state index in [9.17, 15) is 9.18 Å². The maximum Gasteiger partial charge on any atom is 0.339 e. The van der Waals surface area contributed by atoms with Gasteiger partial charge in [0.1, 0.15) is 22.9 Å². The van der Waals surface area contributed by atoms with Crippen LogP contribution in [0, 0.1) is 12.7 Å². The molecule has 0 amide bonds. The zero-order chi connectivity index (χ0) is 16.0. The standard InChI is InChI=1S/C14H10BrFO3.C2H6/c1-8-2-4-9(5-3-8)19-13-7-11(15)12(16)6-10(13)14(17)18;1-2/h2-7H,1H3,(H,17,18);1-2H3. The molecule has 5 heteroatoms. The molecular weight excluding hydrogens is 339 g/mol. The number of aromatic carboxylic acids is 1. The van der Waals surface area contributed by atoms with Gasteiger partial charge in [0.25, 0.3) is 0 Å². The highest BCUT2D eigenvalue weighted by molar-refractivity contribution is 9.10. The first-order valence-corrected chi connectivity index (χ1v) is 7.23. The number of hydrogen-bond donors (Lipinski definition) is 1. The van der Waals surface area contributed by atoms with Gasteiger partial charge in [0, 0.05) is 0 Å². The molecule has 1 N–H and O–H groups in total. The summed E-state index contributed by atoms with van der Waals surface area (Å²) in [4.78, 5) is 11.1. The van der Waals surface area contributed by atoms with Crippen LogP contribution in [0.1, 0.15) is 29.8 Å². The predicted octanol–water partition coefficient (Wildman–Crippen LogP) is 5.41. The van der Waals surface area contributed by atoms with E-state index < -0.39 is 11.8 Å². The molecule has 2 aromatic carbocycles. The molecule has 0 unspecified atom stereocenters. The second kappa shape index (κ2) is 7.78. The number of hydrogen-bond acceptors (Lipinski definition) is 2. The molecule has 0 heterocycles. The van der Waals surface area contributed by atoms with E-state index in [1.54, 1.807) is 12.1 Å². The number of carboxylic acids is 1. The van der Waals surface area contributed by atoms with E-state index in [1.165, 1.54) is 6.07 Å². The van der Waals surface area contributed by atoms with Crippen molar-refractivity contribution in [3.05, 3.63) is 57.8 Å². The molecule has 2 aromatic rings. The molecule has 112 valence electrons. The van der Waals surface area contributed by atoms with E-state index in [0.29, 0.717) is 5.75 Å². The lowest BCUT2D eigenvalue weighted by molar-refractivity contribution is 0.0693. The summed E-state index contributed by atoms with van der Waals surface area (Å²) in [6.45, 7) is 5.93. The van der Waals surface area contributed by atoms with Crippen molar-refractivity contribution >= 4 is 21.9 Å². The molecular formula is C16H16BrFO3. The Kier molecular flexibility index (Phi) is 6.37. The van der Waals surface area contributed by atoms with E-state index >= 15 is 0 Å². The zero-order valence-corrected chi connectivity index (χ0v) is 13.6. The van der Waals surface area contributed by atoms with Crippen LogP contribution in [0.15, 0.2) is 40.9 Å². The van der Waals surface area contributed by atoms with Crippen molar-refractivity contribution < 1.29 is 19.0 Å². The third-order valence-corrected chi connectivity index (χ3v) is 3.11. The Hall–Kier alpha value is -1.88. The van der Waals surface area contributed by atoms with E-state index in [1.807, 2.05) is 32.9 Å². The SMILES string of the molecule is CC.Cc1ccc(Oc2cc(Br)c(F)cc2C(=O)O)cc1. The van der Waals surface area contributed by atoms with Gasteiger partial charge in [0.2, 0.25) is 0 Å². The van der Waals surface area contributed by atoms with E-state index in [0.717, 1.165) is 11.6 Å². The fraction of sp³-hybridized carbons (Fsp3) is 0.188. The van der Waals surface area contributed by atoms with Crippen LogP contribution in [0.4, 0.5) is 4.39 Å². The summed E-state index contributed by atoms with van der Waals surface area (Å²) < 4.78 is 19.0. The van der Waals surface area contributed by atoms with Crippen molar-refractivity contribution in [2.75, 3.05) is 0 Å². The molecule has 0 aromatic heterocycles. The molecule has 3 nitrogen and oxygen atoms in total. The number of carboxylic acid groups (broad SMARTS) is 1. The first-order chi connectivity index (χ1) is 9.97. The number of ether oxygens (including phenoxy) is 1. The first-order valence-electron chi connectivity index (χ1n) is 6.44. The third-order valence-electron chi connectivity index (χ3n) is 2.50. The number of aryl methyl sites for hydroxylation is 1. The van der Waals surface area contributed by atoms with Gasteiger partial charge in [-0.2, -0.15) is 0 Å². The molecule has 0 aliphatic carbocycles. The summed E-state index contributed by atoms with van der Waals surface area (Å²) in [7, 11) is 0. The summed E-state index contributed by atoms with van der Waals surface area (Å²) in [5, 5.41) is 9.04. The molecule has 0 saturated heterocycles. The topological polar surface area (TPSA) is 46.5 Å². The lowest BCUT2D eigenvalue weighted by Crippen LogP contribution is -2.01. The summed E-state index contributed by atoms with van der Waals surface area (Å²) in [6.07, 6.45) is 0. The van der Waals surface area contributed by atoms with Gasteiger partial charge < -0.3 is 9.84 Å². The van der Waals surface area contributed by atoms with Gasteiger partial charge in [-0.15, -0.1) is 0 Å². The second-order valence-corrected chi connectivity index (χ2v) is 4.84. The van der Waals surface area contributed by atoms with Crippen molar-refractivity contribution in [2.24, 2.45) is 0 Å². The molecule has 0 aliphatic rings. The van der Waals surface area contributed by atoms with Gasteiger partial charge in [0.05, 0.1) is 4.47 Å². The summed E-state index contributed by atoms with van der Waals surface area (Å²) in [5.74, 6) is -1.31. The molecule has 0 radical (unpaired) electrons. The number of benzene rings is 2. The lowest BCUT2D eigenvalue weighted by Gasteiger charge is -2.10. The summed E-state index contributed by atoms with van der Waals surface area (Å²) >= 11 is 3.01. The highest BCUT2D eigenvalue weighted by Crippen LogP contribution is 2.30. The fourth-order valence-corrected chi connectivity index (χ4v) is 1.84. The number of rotatable bonds is 3. The summed E-state index contributed by atoms with van der Waals surface area (Å²) in [5.41, 5.74) is 0.840. The zero-order valence-electron chi connectivity index (χ0n) is 12.0. The molecule has 0 spiro atoms. The molecule has 0 aliphatic heterocycles. The van der Waals surface area contributed by atoms with Crippen molar-refractivity contribution in [3.8, 4) is 11.5 Å². The van der Waals surface area contributed by atoms with Crippen LogP contribution >= 0.6 is 15.9 Å². The fourth-order valence-electron chi connectivity index (χ4n) is 1.51. The minimum Gasteiger partial charge on any atom is -0.478 e. The van der Waals surface area contributed by atoms with Gasteiger partial charge in [0.15, 0.2) is 0 Å². The Balaban J connectivity index is 0.00000106. The van der Waals surface area contributed by atoms with Gasteiger partial charge >= 0.3 is 5.97 Å². The first kappa shape index (κ1) is 17.2. The van der Waals surface area contributed by atoms with Crippen LogP contribution in [0.2, 0.25) is 0 Å². The Morgan fingerprint density at radius 2 is 1.76 bits per heavy atom. The van der Waals surface area contributed by atoms with Gasteiger partial charge in [-0.1, -0.05) is 31.5 Å². The minimum absolute atomic E-state index is 0.0876. The molecule has 2 rings (SSSR count). The maximum atomic E-state index is 13.3. The third kappa shape index (κ3) is 4.56. The van der Waals surface area contributed by atoms with E-state index in [2.05, 4.69) is 15.9 Å². The molecule has 0 fully saturated rings. The highest BCUT2D eigenvalue weighted by Gasteiger charge is 2.16. The van der Waals surface area contributed by atoms with Gasteiger partial charge in [-0.05, 0) is 47.1 Å². The average Bonchev–Trinajstić information content (AvgIpc) is 2.47.